The maximum atomic E-state index is 13.0. The van der Waals surface area contributed by atoms with E-state index >= 15 is 0 Å². The molecule has 10 heteroatoms. The number of carbonyl (C=O) groups excluding carboxylic acids is 1. The van der Waals surface area contributed by atoms with Crippen molar-refractivity contribution in [3.63, 3.8) is 0 Å². The molecule has 0 aliphatic carbocycles. The lowest BCUT2D eigenvalue weighted by Crippen LogP contribution is -2.44. The number of aryl methyl sites for hydroxylation is 1. The largest absolute Gasteiger partial charge is 0.465 e. The fraction of sp³-hybridized carbons (Fsp3) is 0.400. The maximum Gasteiger partial charge on any atom is 0.337 e. The minimum atomic E-state index is -0.411. The lowest BCUT2D eigenvalue weighted by Gasteiger charge is -2.28. The molecule has 4 rings (SSSR count). The van der Waals surface area contributed by atoms with Gasteiger partial charge >= 0.3 is 11.7 Å². The van der Waals surface area contributed by atoms with E-state index in [0.29, 0.717) is 29.2 Å². The second-order valence-corrected chi connectivity index (χ2v) is 7.30. The molecule has 1 aliphatic rings. The number of rotatable bonds is 4. The van der Waals surface area contributed by atoms with Gasteiger partial charge in [0.1, 0.15) is 0 Å². The van der Waals surface area contributed by atoms with Crippen LogP contribution in [-0.2, 0) is 25.4 Å². The smallest absolute Gasteiger partial charge is 0.337 e. The number of methoxy groups -OCH3 is 1. The number of nitrogens with zero attached hydrogens (tertiary/aromatic N) is 5. The highest BCUT2D eigenvalue weighted by Gasteiger charge is 2.24. The summed E-state index contributed by atoms with van der Waals surface area (Å²) < 4.78 is 9.11. The molecule has 0 unspecified atom stereocenters. The lowest BCUT2D eigenvalue weighted by molar-refractivity contribution is 0.0600. The summed E-state index contributed by atoms with van der Waals surface area (Å²) in [4.78, 5) is 43.9. The minimum absolute atomic E-state index is 0.364. The molecule has 0 saturated carbocycles. The lowest BCUT2D eigenvalue weighted by atomic mass is 10.1. The molecule has 3 heterocycles. The van der Waals surface area contributed by atoms with Gasteiger partial charge in [-0.2, -0.15) is 4.98 Å². The van der Waals surface area contributed by atoms with Crippen LogP contribution in [0.4, 0.5) is 5.95 Å². The number of hydrogen-bond acceptors (Lipinski definition) is 7. The summed E-state index contributed by atoms with van der Waals surface area (Å²) in [5.41, 5.74) is 1.30. The molecule has 1 N–H and O–H groups in total. The zero-order chi connectivity index (χ0) is 21.4. The van der Waals surface area contributed by atoms with Crippen LogP contribution in [0.5, 0.6) is 0 Å². The normalized spacial score (nSPS) is 14.3. The highest BCUT2D eigenvalue weighted by atomic mass is 16.5. The molecule has 30 heavy (non-hydrogen) atoms. The van der Waals surface area contributed by atoms with Gasteiger partial charge < -0.3 is 15.0 Å². The van der Waals surface area contributed by atoms with Gasteiger partial charge in [-0.1, -0.05) is 12.1 Å². The Bertz CT molecular complexity index is 1220. The number of benzene rings is 1. The third-order valence-electron chi connectivity index (χ3n) is 5.44. The van der Waals surface area contributed by atoms with E-state index in [4.69, 9.17) is 9.72 Å². The predicted molar refractivity (Wildman–Crippen MR) is 112 cm³/mol. The molecule has 3 aromatic rings. The Balaban J connectivity index is 1.87. The standard InChI is InChI=1S/C20H24N6O4/c1-23-16-15(17(27)24(2)20(23)29)26(19(22-16)25-10-8-21-9-11-25)12-13-4-6-14(7-5-13)18(28)30-3/h4-7,21H,8-12H2,1-3H3. The molecular weight excluding hydrogens is 388 g/mol. The summed E-state index contributed by atoms with van der Waals surface area (Å²) in [6, 6.07) is 7.04. The monoisotopic (exact) mass is 412 g/mol. The van der Waals surface area contributed by atoms with Crippen LogP contribution in [0.2, 0.25) is 0 Å². The number of anilines is 1. The van der Waals surface area contributed by atoms with Gasteiger partial charge in [0.25, 0.3) is 5.56 Å². The number of hydrogen-bond donors (Lipinski definition) is 1. The van der Waals surface area contributed by atoms with Crippen molar-refractivity contribution in [3.8, 4) is 0 Å². The highest BCUT2D eigenvalue weighted by Crippen LogP contribution is 2.22. The number of fused-ring (bicyclic) bond motifs is 1. The van der Waals surface area contributed by atoms with Crippen LogP contribution in [-0.4, -0.2) is 57.9 Å². The summed E-state index contributed by atoms with van der Waals surface area (Å²) in [6.07, 6.45) is 0. The Hall–Kier alpha value is -3.40. The molecule has 158 valence electrons. The summed E-state index contributed by atoms with van der Waals surface area (Å²) in [6.45, 7) is 3.50. The van der Waals surface area contributed by atoms with Crippen LogP contribution >= 0.6 is 0 Å². The van der Waals surface area contributed by atoms with Crippen molar-refractivity contribution in [2.45, 2.75) is 6.54 Å². The van der Waals surface area contributed by atoms with Crippen LogP contribution in [0.3, 0.4) is 0 Å². The van der Waals surface area contributed by atoms with Gasteiger partial charge in [0.05, 0.1) is 19.2 Å². The molecule has 10 nitrogen and oxygen atoms in total. The van der Waals surface area contributed by atoms with Crippen LogP contribution in [0.15, 0.2) is 33.9 Å². The SMILES string of the molecule is COC(=O)c1ccc(Cn2c(N3CCNCC3)nc3c2c(=O)n(C)c(=O)n3C)cc1. The molecule has 0 radical (unpaired) electrons. The number of carbonyl (C=O) groups is 1. The third kappa shape index (κ3) is 3.28. The van der Waals surface area contributed by atoms with Crippen molar-refractivity contribution in [1.82, 2.24) is 24.0 Å². The first-order valence-corrected chi connectivity index (χ1v) is 9.71. The van der Waals surface area contributed by atoms with E-state index in [1.54, 1.807) is 19.2 Å². The summed E-state index contributed by atoms with van der Waals surface area (Å²) in [5, 5.41) is 3.31. The fourth-order valence-corrected chi connectivity index (χ4v) is 3.74. The van der Waals surface area contributed by atoms with Gasteiger partial charge in [0.15, 0.2) is 11.2 Å². The van der Waals surface area contributed by atoms with Crippen molar-refractivity contribution in [3.05, 3.63) is 56.2 Å². The van der Waals surface area contributed by atoms with Gasteiger partial charge in [0, 0.05) is 40.3 Å². The zero-order valence-corrected chi connectivity index (χ0v) is 17.2. The molecule has 1 fully saturated rings. The first kappa shape index (κ1) is 19.9. The topological polar surface area (TPSA) is 103 Å². The Labute approximate surface area is 172 Å². The van der Waals surface area contributed by atoms with Crippen LogP contribution < -0.4 is 21.5 Å². The van der Waals surface area contributed by atoms with Crippen LogP contribution in [0.1, 0.15) is 15.9 Å². The number of imidazole rings is 1. The average Bonchev–Trinajstić information content (AvgIpc) is 3.16. The van der Waals surface area contributed by atoms with E-state index in [0.717, 1.165) is 36.3 Å². The Kier molecular flexibility index (Phi) is 5.17. The van der Waals surface area contributed by atoms with Gasteiger partial charge in [-0.15, -0.1) is 0 Å². The number of esters is 1. The molecule has 0 atom stereocenters. The fourth-order valence-electron chi connectivity index (χ4n) is 3.74. The third-order valence-corrected chi connectivity index (χ3v) is 5.44. The quantitative estimate of drug-likeness (QED) is 0.586. The van der Waals surface area contributed by atoms with Crippen LogP contribution in [0, 0.1) is 0 Å². The van der Waals surface area contributed by atoms with Gasteiger partial charge in [-0.05, 0) is 17.7 Å². The zero-order valence-electron chi connectivity index (χ0n) is 17.2. The van der Waals surface area contributed by atoms with Gasteiger partial charge in [-0.25, -0.2) is 9.59 Å². The molecule has 1 aliphatic heterocycles. The first-order chi connectivity index (χ1) is 14.4. The second kappa shape index (κ2) is 7.79. The Morgan fingerprint density at radius 3 is 2.40 bits per heavy atom. The van der Waals surface area contributed by atoms with E-state index in [9.17, 15) is 14.4 Å². The molecular formula is C20H24N6O4. The maximum absolute atomic E-state index is 13.0. The molecule has 1 aromatic carbocycles. The van der Waals surface area contributed by atoms with Crippen molar-refractivity contribution < 1.29 is 9.53 Å². The predicted octanol–water partition coefficient (Wildman–Crippen LogP) is -0.322. The molecule has 0 spiro atoms. The van der Waals surface area contributed by atoms with Gasteiger partial charge in [-0.3, -0.25) is 18.5 Å². The van der Waals surface area contributed by atoms with Crippen molar-refractivity contribution in [2.75, 3.05) is 38.2 Å². The number of nitrogens with one attached hydrogen (secondary N) is 1. The summed E-state index contributed by atoms with van der Waals surface area (Å²) in [5.74, 6) is 0.252. The number of ether oxygens (including phenoxy) is 1. The number of aromatic nitrogens is 4. The molecule has 2 aromatic heterocycles. The summed E-state index contributed by atoms with van der Waals surface area (Å²) >= 11 is 0. The van der Waals surface area contributed by atoms with E-state index in [1.807, 2.05) is 16.7 Å². The van der Waals surface area contributed by atoms with Crippen molar-refractivity contribution in [2.24, 2.45) is 14.1 Å². The van der Waals surface area contributed by atoms with E-state index in [2.05, 4.69) is 10.2 Å². The molecule has 0 amide bonds. The first-order valence-electron chi connectivity index (χ1n) is 9.71. The van der Waals surface area contributed by atoms with E-state index < -0.39 is 11.7 Å². The van der Waals surface area contributed by atoms with Gasteiger partial charge in [0.2, 0.25) is 5.95 Å². The highest BCUT2D eigenvalue weighted by molar-refractivity contribution is 5.89. The molecule has 1 saturated heterocycles. The van der Waals surface area contributed by atoms with E-state index in [-0.39, 0.29) is 5.56 Å². The number of piperazine rings is 1. The minimum Gasteiger partial charge on any atom is -0.465 e. The average molecular weight is 412 g/mol. The van der Waals surface area contributed by atoms with Crippen molar-refractivity contribution in [1.29, 1.82) is 0 Å². The Morgan fingerprint density at radius 1 is 1.10 bits per heavy atom. The Morgan fingerprint density at radius 2 is 1.77 bits per heavy atom. The van der Waals surface area contributed by atoms with Crippen molar-refractivity contribution >= 4 is 23.1 Å². The second-order valence-electron chi connectivity index (χ2n) is 7.30. The van der Waals surface area contributed by atoms with E-state index in [1.165, 1.54) is 18.7 Å². The molecule has 0 bridgehead atoms. The van der Waals surface area contributed by atoms with Crippen LogP contribution in [0.25, 0.3) is 11.2 Å². The summed E-state index contributed by atoms with van der Waals surface area (Å²) in [7, 11) is 4.43.